The fraction of sp³-hybridized carbons (Fsp3) is 0.261. The Kier molecular flexibility index (Phi) is 6.08. The van der Waals surface area contributed by atoms with Gasteiger partial charge in [0.05, 0.1) is 23.9 Å². The number of furan rings is 1. The predicted octanol–water partition coefficient (Wildman–Crippen LogP) is 5.36. The van der Waals surface area contributed by atoms with E-state index >= 15 is 0 Å². The monoisotopic (exact) mass is 485 g/mol. The van der Waals surface area contributed by atoms with Crippen molar-refractivity contribution in [1.29, 1.82) is 0 Å². The van der Waals surface area contributed by atoms with E-state index in [1.165, 1.54) is 16.6 Å². The van der Waals surface area contributed by atoms with Crippen molar-refractivity contribution in [1.82, 2.24) is 9.55 Å². The van der Waals surface area contributed by atoms with Crippen molar-refractivity contribution in [2.75, 3.05) is 11.1 Å². The molecule has 9 heteroatoms. The van der Waals surface area contributed by atoms with Crippen molar-refractivity contribution in [2.24, 2.45) is 0 Å². The summed E-state index contributed by atoms with van der Waals surface area (Å²) in [5.41, 5.74) is 1.71. The van der Waals surface area contributed by atoms with Gasteiger partial charge in [-0.3, -0.25) is 14.2 Å². The number of hydrogen-bond acceptors (Lipinski definition) is 6. The average Bonchev–Trinajstić information content (AvgIpc) is 3.42. The molecule has 0 saturated heterocycles. The Morgan fingerprint density at radius 3 is 2.94 bits per heavy atom. The van der Waals surface area contributed by atoms with Crippen LogP contribution in [0.25, 0.3) is 10.2 Å². The third-order valence-corrected chi connectivity index (χ3v) is 7.77. The molecule has 0 saturated carbocycles. The van der Waals surface area contributed by atoms with Gasteiger partial charge in [0.2, 0.25) is 5.91 Å². The number of rotatable bonds is 6. The number of halogens is 1. The third kappa shape index (κ3) is 4.35. The Balaban J connectivity index is 1.46. The molecule has 1 aliphatic carbocycles. The van der Waals surface area contributed by atoms with Gasteiger partial charge in [0, 0.05) is 15.6 Å². The number of carbonyl (C=O) groups excluding carboxylic acids is 1. The molecule has 5 rings (SSSR count). The zero-order valence-electron chi connectivity index (χ0n) is 17.1. The summed E-state index contributed by atoms with van der Waals surface area (Å²) in [5, 5.41) is 4.63. The molecule has 0 bridgehead atoms. The van der Waals surface area contributed by atoms with E-state index in [4.69, 9.17) is 21.0 Å². The molecule has 32 heavy (non-hydrogen) atoms. The summed E-state index contributed by atoms with van der Waals surface area (Å²) in [5.74, 6) is 0.595. The van der Waals surface area contributed by atoms with E-state index in [2.05, 4.69) is 5.32 Å². The smallest absolute Gasteiger partial charge is 0.263 e. The first-order chi connectivity index (χ1) is 15.6. The van der Waals surface area contributed by atoms with Gasteiger partial charge in [0.1, 0.15) is 10.6 Å². The lowest BCUT2D eigenvalue weighted by Gasteiger charge is -2.13. The second-order valence-electron chi connectivity index (χ2n) is 7.60. The first-order valence-corrected chi connectivity index (χ1v) is 12.5. The molecule has 1 aromatic carbocycles. The first-order valence-electron chi connectivity index (χ1n) is 10.3. The average molecular weight is 486 g/mol. The Morgan fingerprint density at radius 2 is 2.12 bits per heavy atom. The molecule has 3 aromatic heterocycles. The van der Waals surface area contributed by atoms with Crippen molar-refractivity contribution >= 4 is 56.5 Å². The molecule has 0 radical (unpaired) electrons. The Bertz CT molecular complexity index is 1340. The Hall–Kier alpha value is -2.55. The predicted molar refractivity (Wildman–Crippen MR) is 129 cm³/mol. The van der Waals surface area contributed by atoms with Crippen LogP contribution in [0.3, 0.4) is 0 Å². The molecule has 4 aromatic rings. The molecule has 1 aliphatic rings. The van der Waals surface area contributed by atoms with E-state index in [-0.39, 0.29) is 23.8 Å². The summed E-state index contributed by atoms with van der Waals surface area (Å²) in [6, 6.07) is 10.6. The number of benzene rings is 1. The van der Waals surface area contributed by atoms with Crippen LogP contribution in [0.15, 0.2) is 57.0 Å². The van der Waals surface area contributed by atoms with E-state index < -0.39 is 0 Å². The molecule has 3 heterocycles. The van der Waals surface area contributed by atoms with Gasteiger partial charge < -0.3 is 9.73 Å². The number of aromatic nitrogens is 2. The van der Waals surface area contributed by atoms with Crippen molar-refractivity contribution in [3.8, 4) is 0 Å². The summed E-state index contributed by atoms with van der Waals surface area (Å²) in [6.45, 7) is 0.275. The lowest BCUT2D eigenvalue weighted by Crippen LogP contribution is -2.25. The summed E-state index contributed by atoms with van der Waals surface area (Å²) in [7, 11) is 0. The molecule has 1 N–H and O–H groups in total. The van der Waals surface area contributed by atoms with Gasteiger partial charge in [0.25, 0.3) is 5.56 Å². The molecule has 6 nitrogen and oxygen atoms in total. The number of hydrogen-bond donors (Lipinski definition) is 1. The quantitative estimate of drug-likeness (QED) is 0.294. The lowest BCUT2D eigenvalue weighted by atomic mass is 9.97. The number of thiophene rings is 1. The van der Waals surface area contributed by atoms with Crippen LogP contribution >= 0.6 is 34.7 Å². The van der Waals surface area contributed by atoms with Crippen LogP contribution in [-0.2, 0) is 24.2 Å². The summed E-state index contributed by atoms with van der Waals surface area (Å²) < 4.78 is 7.11. The van der Waals surface area contributed by atoms with Crippen LogP contribution in [0.1, 0.15) is 29.0 Å². The second kappa shape index (κ2) is 9.13. The Morgan fingerprint density at radius 1 is 1.25 bits per heavy atom. The lowest BCUT2D eigenvalue weighted by molar-refractivity contribution is -0.113. The normalized spacial score (nSPS) is 13.3. The number of carbonyl (C=O) groups is 1. The van der Waals surface area contributed by atoms with Crippen LogP contribution in [0, 0.1) is 0 Å². The van der Waals surface area contributed by atoms with Crippen LogP contribution in [0.2, 0.25) is 5.02 Å². The number of nitrogens with zero attached hydrogens (tertiary/aromatic N) is 2. The van der Waals surface area contributed by atoms with Crippen molar-refractivity contribution < 1.29 is 9.21 Å². The van der Waals surface area contributed by atoms with Crippen LogP contribution in [0.5, 0.6) is 0 Å². The Labute approximate surface area is 197 Å². The summed E-state index contributed by atoms with van der Waals surface area (Å²) >= 11 is 8.85. The molecule has 0 aliphatic heterocycles. The number of nitrogens with one attached hydrogen (secondary N) is 1. The highest BCUT2D eigenvalue weighted by Gasteiger charge is 2.23. The minimum absolute atomic E-state index is 0.0662. The van der Waals surface area contributed by atoms with Crippen molar-refractivity contribution in [3.63, 3.8) is 0 Å². The zero-order chi connectivity index (χ0) is 22.1. The maximum absolute atomic E-state index is 13.5. The molecule has 0 spiro atoms. The van der Waals surface area contributed by atoms with Gasteiger partial charge in [-0.15, -0.1) is 11.3 Å². The highest BCUT2D eigenvalue weighted by molar-refractivity contribution is 7.99. The van der Waals surface area contributed by atoms with Crippen LogP contribution in [-0.4, -0.2) is 21.2 Å². The SMILES string of the molecule is O=C(CSc1nc2sc3c(c2c(=O)n1Cc1ccco1)CCCC3)Nc1cccc(Cl)c1. The number of fused-ring (bicyclic) bond motifs is 3. The largest absolute Gasteiger partial charge is 0.467 e. The minimum Gasteiger partial charge on any atom is -0.467 e. The number of thioether (sulfide) groups is 1. The first kappa shape index (κ1) is 21.3. The minimum atomic E-state index is -0.193. The number of amides is 1. The molecular weight excluding hydrogens is 466 g/mol. The maximum Gasteiger partial charge on any atom is 0.263 e. The van der Waals surface area contributed by atoms with E-state index in [1.807, 2.05) is 6.07 Å². The van der Waals surface area contributed by atoms with Crippen molar-refractivity contribution in [3.05, 3.63) is 74.2 Å². The molecule has 1 amide bonds. The summed E-state index contributed by atoms with van der Waals surface area (Å²) in [6.07, 6.45) is 5.74. The number of anilines is 1. The maximum atomic E-state index is 13.5. The molecule has 0 atom stereocenters. The third-order valence-electron chi connectivity index (χ3n) is 5.37. The van der Waals surface area contributed by atoms with E-state index in [9.17, 15) is 9.59 Å². The zero-order valence-corrected chi connectivity index (χ0v) is 19.5. The van der Waals surface area contributed by atoms with E-state index in [1.54, 1.807) is 52.5 Å². The van der Waals surface area contributed by atoms with Gasteiger partial charge in [-0.2, -0.15) is 0 Å². The molecule has 0 fully saturated rings. The molecule has 164 valence electrons. The van der Waals surface area contributed by atoms with Gasteiger partial charge in [-0.05, 0) is 61.6 Å². The van der Waals surface area contributed by atoms with Gasteiger partial charge >= 0.3 is 0 Å². The fourth-order valence-electron chi connectivity index (χ4n) is 3.92. The topological polar surface area (TPSA) is 77.1 Å². The van der Waals surface area contributed by atoms with Gasteiger partial charge in [-0.1, -0.05) is 29.4 Å². The van der Waals surface area contributed by atoms with Gasteiger partial charge in [0.15, 0.2) is 5.16 Å². The highest BCUT2D eigenvalue weighted by Crippen LogP contribution is 2.34. The number of aryl methyl sites for hydroxylation is 2. The van der Waals surface area contributed by atoms with E-state index in [0.29, 0.717) is 21.6 Å². The van der Waals surface area contributed by atoms with Crippen molar-refractivity contribution in [2.45, 2.75) is 37.4 Å². The fourth-order valence-corrected chi connectivity index (χ4v) is 6.21. The van der Waals surface area contributed by atoms with Crippen LogP contribution in [0.4, 0.5) is 5.69 Å². The molecule has 0 unspecified atom stereocenters. The second-order valence-corrected chi connectivity index (χ2v) is 10.1. The standard InChI is InChI=1S/C23H20ClN3O3S2/c24-14-5-3-6-15(11-14)25-19(28)13-31-23-26-21-20(17-8-1-2-9-18(17)32-21)22(29)27(23)12-16-7-4-10-30-16/h3-7,10-11H,1-2,8-9,12-13H2,(H,25,28). The highest BCUT2D eigenvalue weighted by atomic mass is 35.5. The summed E-state index contributed by atoms with van der Waals surface area (Å²) in [4.78, 5) is 32.9. The van der Waals surface area contributed by atoms with E-state index in [0.717, 1.165) is 41.5 Å². The van der Waals surface area contributed by atoms with Crippen LogP contribution < -0.4 is 10.9 Å². The van der Waals surface area contributed by atoms with Gasteiger partial charge in [-0.25, -0.2) is 4.98 Å². The molecular formula is C23H20ClN3O3S2.